The fourth-order valence-corrected chi connectivity index (χ4v) is 0.974. The molecule has 13 heavy (non-hydrogen) atoms. The fraction of sp³-hybridized carbons (Fsp3) is 0.700. The van der Waals surface area contributed by atoms with Crippen molar-refractivity contribution in [2.24, 2.45) is 0 Å². The van der Waals surface area contributed by atoms with Crippen LogP contribution in [0.2, 0.25) is 0 Å². The van der Waals surface area contributed by atoms with Gasteiger partial charge in [-0.2, -0.15) is 5.26 Å². The summed E-state index contributed by atoms with van der Waals surface area (Å²) in [5.41, 5.74) is 0. The number of carbonyl (C=O) groups is 1. The highest BCUT2D eigenvalue weighted by atomic mass is 17.1. The van der Waals surface area contributed by atoms with Crippen molar-refractivity contribution in [1.29, 1.82) is 0 Å². The van der Waals surface area contributed by atoms with Crippen molar-refractivity contribution in [2.45, 2.75) is 45.4 Å². The summed E-state index contributed by atoms with van der Waals surface area (Å²) in [6.07, 6.45) is 6.55. The standard InChI is InChI=1S/C10H16O3/c1-2-3-4-5-6-7-8-9-10(11)13-12/h12H,2-7H2,1H3. The van der Waals surface area contributed by atoms with Gasteiger partial charge in [0.2, 0.25) is 0 Å². The van der Waals surface area contributed by atoms with Crippen LogP contribution < -0.4 is 0 Å². The maximum absolute atomic E-state index is 10.3. The molecule has 0 aromatic rings. The number of hydrogen-bond acceptors (Lipinski definition) is 3. The van der Waals surface area contributed by atoms with Crippen LogP contribution in [-0.4, -0.2) is 11.2 Å². The molecule has 0 atom stereocenters. The molecule has 0 amide bonds. The number of carbonyl (C=O) groups excluding carboxylic acids is 1. The number of rotatable bonds is 5. The first-order chi connectivity index (χ1) is 6.31. The van der Waals surface area contributed by atoms with E-state index >= 15 is 0 Å². The van der Waals surface area contributed by atoms with Crippen molar-refractivity contribution in [1.82, 2.24) is 0 Å². The fourth-order valence-electron chi connectivity index (χ4n) is 0.974. The SMILES string of the molecule is CCCCCCCC#CC(=O)OO. The van der Waals surface area contributed by atoms with Gasteiger partial charge in [-0.1, -0.05) is 38.5 Å². The minimum Gasteiger partial charge on any atom is -0.286 e. The van der Waals surface area contributed by atoms with E-state index in [-0.39, 0.29) is 0 Å². The molecule has 0 aliphatic heterocycles. The van der Waals surface area contributed by atoms with E-state index in [1.54, 1.807) is 0 Å². The van der Waals surface area contributed by atoms with Gasteiger partial charge in [-0.25, -0.2) is 4.79 Å². The van der Waals surface area contributed by atoms with Gasteiger partial charge in [0, 0.05) is 12.3 Å². The second kappa shape index (κ2) is 9.08. The van der Waals surface area contributed by atoms with Gasteiger partial charge >= 0.3 is 5.97 Å². The third-order valence-corrected chi connectivity index (χ3v) is 1.68. The molecule has 3 nitrogen and oxygen atoms in total. The predicted molar refractivity (Wildman–Crippen MR) is 49.9 cm³/mol. The largest absolute Gasteiger partial charge is 0.416 e. The average Bonchev–Trinajstić information content (AvgIpc) is 2.16. The van der Waals surface area contributed by atoms with Gasteiger partial charge in [0.05, 0.1) is 0 Å². The van der Waals surface area contributed by atoms with E-state index in [4.69, 9.17) is 5.26 Å². The highest BCUT2D eigenvalue weighted by molar-refractivity contribution is 5.87. The second-order valence-electron chi connectivity index (χ2n) is 2.84. The van der Waals surface area contributed by atoms with E-state index in [0.717, 1.165) is 12.8 Å². The third kappa shape index (κ3) is 8.90. The molecule has 0 aromatic heterocycles. The first-order valence-corrected chi connectivity index (χ1v) is 4.65. The molecule has 0 fully saturated rings. The Morgan fingerprint density at radius 2 is 2.00 bits per heavy atom. The zero-order chi connectivity index (χ0) is 9.94. The predicted octanol–water partition coefficient (Wildman–Crippen LogP) is 2.37. The Bertz CT molecular complexity index is 188. The molecule has 0 saturated carbocycles. The average molecular weight is 184 g/mol. The van der Waals surface area contributed by atoms with Crippen molar-refractivity contribution in [3.63, 3.8) is 0 Å². The van der Waals surface area contributed by atoms with E-state index < -0.39 is 5.97 Å². The molecular weight excluding hydrogens is 168 g/mol. The number of unbranched alkanes of at least 4 members (excludes halogenated alkanes) is 5. The van der Waals surface area contributed by atoms with Crippen LogP contribution >= 0.6 is 0 Å². The van der Waals surface area contributed by atoms with Gasteiger partial charge in [0.15, 0.2) is 0 Å². The molecule has 0 bridgehead atoms. The van der Waals surface area contributed by atoms with Gasteiger partial charge in [-0.3, -0.25) is 4.89 Å². The molecule has 0 rings (SSSR count). The van der Waals surface area contributed by atoms with E-state index in [1.807, 2.05) is 0 Å². The Labute approximate surface area is 79.0 Å². The Morgan fingerprint density at radius 1 is 1.31 bits per heavy atom. The van der Waals surface area contributed by atoms with Crippen LogP contribution in [0.15, 0.2) is 0 Å². The van der Waals surface area contributed by atoms with Crippen LogP contribution in [-0.2, 0) is 9.68 Å². The lowest BCUT2D eigenvalue weighted by Gasteiger charge is -1.94. The third-order valence-electron chi connectivity index (χ3n) is 1.68. The first-order valence-electron chi connectivity index (χ1n) is 4.65. The van der Waals surface area contributed by atoms with Gasteiger partial charge in [0.1, 0.15) is 0 Å². The summed E-state index contributed by atoms with van der Waals surface area (Å²) in [6, 6.07) is 0. The molecule has 0 spiro atoms. The zero-order valence-corrected chi connectivity index (χ0v) is 8.01. The van der Waals surface area contributed by atoms with Gasteiger partial charge in [0.25, 0.3) is 0 Å². The molecular formula is C10H16O3. The lowest BCUT2D eigenvalue weighted by molar-refractivity contribution is -0.226. The summed E-state index contributed by atoms with van der Waals surface area (Å²) in [6.45, 7) is 2.16. The van der Waals surface area contributed by atoms with Crippen LogP contribution in [0.3, 0.4) is 0 Å². The quantitative estimate of drug-likeness (QED) is 0.309. The van der Waals surface area contributed by atoms with Crippen LogP contribution in [0.4, 0.5) is 0 Å². The Hall–Kier alpha value is -1.01. The normalized spacial score (nSPS) is 8.77. The van der Waals surface area contributed by atoms with Crippen molar-refractivity contribution in [3.8, 4) is 11.8 Å². The van der Waals surface area contributed by atoms with Gasteiger partial charge < -0.3 is 0 Å². The minimum absolute atomic E-state index is 0.693. The van der Waals surface area contributed by atoms with Crippen molar-refractivity contribution >= 4 is 5.97 Å². The topological polar surface area (TPSA) is 46.5 Å². The second-order valence-corrected chi connectivity index (χ2v) is 2.84. The lowest BCUT2D eigenvalue weighted by Crippen LogP contribution is -1.94. The Kier molecular flexibility index (Phi) is 8.38. The summed E-state index contributed by atoms with van der Waals surface area (Å²) in [4.78, 5) is 13.7. The van der Waals surface area contributed by atoms with E-state index in [0.29, 0.717) is 6.42 Å². The van der Waals surface area contributed by atoms with Crippen molar-refractivity contribution in [3.05, 3.63) is 0 Å². The highest BCUT2D eigenvalue weighted by Gasteiger charge is 1.91. The van der Waals surface area contributed by atoms with Crippen LogP contribution in [0.25, 0.3) is 0 Å². The number of hydrogen-bond donors (Lipinski definition) is 1. The summed E-state index contributed by atoms with van der Waals surface area (Å²) in [7, 11) is 0. The van der Waals surface area contributed by atoms with Gasteiger partial charge in [-0.15, -0.1) is 0 Å². The highest BCUT2D eigenvalue weighted by Crippen LogP contribution is 2.03. The maximum Gasteiger partial charge on any atom is 0.416 e. The summed E-state index contributed by atoms with van der Waals surface area (Å²) >= 11 is 0. The van der Waals surface area contributed by atoms with Crippen molar-refractivity contribution in [2.75, 3.05) is 0 Å². The monoisotopic (exact) mass is 184 g/mol. The van der Waals surface area contributed by atoms with Gasteiger partial charge in [-0.05, 0) is 6.42 Å². The molecule has 3 heteroatoms. The minimum atomic E-state index is -0.881. The molecule has 0 heterocycles. The zero-order valence-electron chi connectivity index (χ0n) is 8.01. The van der Waals surface area contributed by atoms with Crippen LogP contribution in [0, 0.1) is 11.8 Å². The molecule has 0 aliphatic carbocycles. The smallest absolute Gasteiger partial charge is 0.286 e. The summed E-state index contributed by atoms with van der Waals surface area (Å²) < 4.78 is 0. The van der Waals surface area contributed by atoms with E-state index in [1.165, 1.54) is 19.3 Å². The molecule has 1 N–H and O–H groups in total. The molecule has 0 saturated heterocycles. The van der Waals surface area contributed by atoms with Crippen LogP contribution in [0.1, 0.15) is 45.4 Å². The first kappa shape index (κ1) is 12.0. The Balaban J connectivity index is 3.23. The van der Waals surface area contributed by atoms with Crippen molar-refractivity contribution < 1.29 is 14.9 Å². The van der Waals surface area contributed by atoms with E-state index in [9.17, 15) is 4.79 Å². The molecule has 0 unspecified atom stereocenters. The maximum atomic E-state index is 10.3. The molecule has 0 radical (unpaired) electrons. The molecule has 0 aromatic carbocycles. The Morgan fingerprint density at radius 3 is 2.62 bits per heavy atom. The molecule has 0 aliphatic rings. The lowest BCUT2D eigenvalue weighted by atomic mass is 10.1. The summed E-state index contributed by atoms with van der Waals surface area (Å²) in [5.74, 6) is 3.91. The van der Waals surface area contributed by atoms with E-state index in [2.05, 4.69) is 23.7 Å². The summed E-state index contributed by atoms with van der Waals surface area (Å²) in [5, 5.41) is 7.86. The molecule has 74 valence electrons. The van der Waals surface area contributed by atoms with Crippen LogP contribution in [0.5, 0.6) is 0 Å².